The van der Waals surface area contributed by atoms with Crippen molar-refractivity contribution in [2.75, 3.05) is 37.7 Å². The molecule has 0 N–H and O–H groups in total. The molecule has 0 saturated carbocycles. The number of piperazine rings is 1. The molecule has 162 valence electrons. The van der Waals surface area contributed by atoms with E-state index in [0.29, 0.717) is 14.9 Å². The molecule has 0 radical (unpaired) electrons. The molecule has 4 rings (SSSR count). The second kappa shape index (κ2) is 8.19. The Morgan fingerprint density at radius 2 is 1.87 bits per heavy atom. The van der Waals surface area contributed by atoms with Crippen molar-refractivity contribution >= 4 is 48.7 Å². The second-order valence-corrected chi connectivity index (χ2v) is 13.2. The molecule has 2 aromatic rings. The number of amides is 1. The van der Waals surface area contributed by atoms with Crippen molar-refractivity contribution in [1.82, 2.24) is 14.2 Å². The Morgan fingerprint density at radius 3 is 2.50 bits per heavy atom. The fourth-order valence-electron chi connectivity index (χ4n) is 3.64. The molecule has 1 amide bonds. The highest BCUT2D eigenvalue weighted by Gasteiger charge is 2.41. The van der Waals surface area contributed by atoms with E-state index >= 15 is 0 Å². The van der Waals surface area contributed by atoms with E-state index in [9.17, 15) is 21.6 Å². The standard InChI is InChI=1S/C18H20ClN3O5S3/c19-15-4-2-1-3-14(15)17-20-11-16(28-17)18(23)21-6-8-22(9-7-21)30(26,27)13-5-10-29(24,25)12-13/h1-4,11,13H,5-10,12H2. The first-order chi connectivity index (χ1) is 14.2. The van der Waals surface area contributed by atoms with Gasteiger partial charge in [0.2, 0.25) is 10.0 Å². The van der Waals surface area contributed by atoms with E-state index in [4.69, 9.17) is 11.6 Å². The largest absolute Gasteiger partial charge is 0.335 e. The van der Waals surface area contributed by atoms with Gasteiger partial charge in [0.1, 0.15) is 9.88 Å². The van der Waals surface area contributed by atoms with Crippen LogP contribution in [0.15, 0.2) is 30.5 Å². The third-order valence-corrected chi connectivity index (χ3v) is 11.0. The predicted octanol–water partition coefficient (Wildman–Crippen LogP) is 1.74. The van der Waals surface area contributed by atoms with Gasteiger partial charge in [-0.2, -0.15) is 4.31 Å². The minimum atomic E-state index is -3.69. The summed E-state index contributed by atoms with van der Waals surface area (Å²) in [4.78, 5) is 19.2. The fraction of sp³-hybridized carbons (Fsp3) is 0.444. The molecule has 0 spiro atoms. The van der Waals surface area contributed by atoms with Crippen LogP contribution in [-0.4, -0.2) is 79.9 Å². The zero-order valence-electron chi connectivity index (χ0n) is 15.9. The summed E-state index contributed by atoms with van der Waals surface area (Å²) in [6.07, 6.45) is 1.65. The van der Waals surface area contributed by atoms with E-state index in [2.05, 4.69) is 4.98 Å². The topological polar surface area (TPSA) is 105 Å². The molecule has 1 atom stereocenters. The SMILES string of the molecule is O=C(c1cnc(-c2ccccc2Cl)s1)N1CCN(S(=O)(=O)C2CCS(=O)(=O)C2)CC1. The first kappa shape index (κ1) is 21.7. The summed E-state index contributed by atoms with van der Waals surface area (Å²) < 4.78 is 50.1. The zero-order chi connectivity index (χ0) is 21.5. The minimum Gasteiger partial charge on any atom is -0.335 e. The molecule has 3 heterocycles. The third-order valence-electron chi connectivity index (χ3n) is 5.32. The van der Waals surface area contributed by atoms with Gasteiger partial charge in [-0.05, 0) is 12.5 Å². The second-order valence-electron chi connectivity index (χ2n) is 7.27. The third kappa shape index (κ3) is 4.26. The van der Waals surface area contributed by atoms with Crippen LogP contribution in [-0.2, 0) is 19.9 Å². The van der Waals surface area contributed by atoms with Crippen molar-refractivity contribution < 1.29 is 21.6 Å². The molecule has 2 aliphatic heterocycles. The Balaban J connectivity index is 1.41. The molecule has 0 bridgehead atoms. The number of halogens is 1. The molecule has 0 aliphatic carbocycles. The van der Waals surface area contributed by atoms with E-state index in [1.165, 1.54) is 21.8 Å². The van der Waals surface area contributed by atoms with Gasteiger partial charge in [-0.25, -0.2) is 21.8 Å². The molecule has 1 unspecified atom stereocenters. The van der Waals surface area contributed by atoms with Gasteiger partial charge in [0, 0.05) is 31.7 Å². The fourth-order valence-corrected chi connectivity index (χ4v) is 9.36. The lowest BCUT2D eigenvalue weighted by Crippen LogP contribution is -2.52. The molecule has 30 heavy (non-hydrogen) atoms. The molecular formula is C18H20ClN3O5S3. The van der Waals surface area contributed by atoms with Crippen LogP contribution in [0, 0.1) is 0 Å². The Kier molecular flexibility index (Phi) is 5.92. The first-order valence-corrected chi connectivity index (χ1v) is 13.9. The monoisotopic (exact) mass is 489 g/mol. The number of benzene rings is 1. The average molecular weight is 490 g/mol. The summed E-state index contributed by atoms with van der Waals surface area (Å²) in [5.74, 6) is -0.611. The molecular weight excluding hydrogens is 470 g/mol. The van der Waals surface area contributed by atoms with Gasteiger partial charge < -0.3 is 4.90 Å². The Morgan fingerprint density at radius 1 is 1.17 bits per heavy atom. The molecule has 1 aromatic carbocycles. The predicted molar refractivity (Wildman–Crippen MR) is 116 cm³/mol. The van der Waals surface area contributed by atoms with Gasteiger partial charge in [0.05, 0.1) is 28.0 Å². The molecule has 1 aromatic heterocycles. The number of hydrogen-bond acceptors (Lipinski definition) is 7. The van der Waals surface area contributed by atoms with Crippen LogP contribution in [0.5, 0.6) is 0 Å². The van der Waals surface area contributed by atoms with E-state index in [-0.39, 0.29) is 50.0 Å². The van der Waals surface area contributed by atoms with Crippen LogP contribution in [0.3, 0.4) is 0 Å². The lowest BCUT2D eigenvalue weighted by Gasteiger charge is -2.34. The molecule has 2 aliphatic rings. The zero-order valence-corrected chi connectivity index (χ0v) is 19.1. The highest BCUT2D eigenvalue weighted by atomic mass is 35.5. The highest BCUT2D eigenvalue weighted by molar-refractivity contribution is 7.95. The van der Waals surface area contributed by atoms with Gasteiger partial charge in [-0.1, -0.05) is 29.8 Å². The molecule has 2 fully saturated rings. The van der Waals surface area contributed by atoms with Crippen LogP contribution >= 0.6 is 22.9 Å². The number of sulfonamides is 1. The summed E-state index contributed by atoms with van der Waals surface area (Å²) in [6, 6.07) is 7.26. The molecule has 2 saturated heterocycles. The number of aromatic nitrogens is 1. The van der Waals surface area contributed by atoms with Gasteiger partial charge in [-0.3, -0.25) is 4.79 Å². The Labute approximate surface area is 184 Å². The number of hydrogen-bond donors (Lipinski definition) is 0. The minimum absolute atomic E-state index is 0.0888. The summed E-state index contributed by atoms with van der Waals surface area (Å²) in [7, 11) is -6.98. The maximum absolute atomic E-state index is 12.8. The van der Waals surface area contributed by atoms with Crippen molar-refractivity contribution in [1.29, 1.82) is 0 Å². The van der Waals surface area contributed by atoms with Crippen LogP contribution in [0.1, 0.15) is 16.1 Å². The van der Waals surface area contributed by atoms with Crippen LogP contribution in [0.4, 0.5) is 0 Å². The van der Waals surface area contributed by atoms with Crippen LogP contribution in [0.2, 0.25) is 5.02 Å². The van der Waals surface area contributed by atoms with Crippen molar-refractivity contribution in [3.63, 3.8) is 0 Å². The molecule has 12 heteroatoms. The summed E-state index contributed by atoms with van der Waals surface area (Å²) >= 11 is 7.44. The van der Waals surface area contributed by atoms with E-state index in [1.54, 1.807) is 11.0 Å². The first-order valence-electron chi connectivity index (χ1n) is 9.37. The van der Waals surface area contributed by atoms with E-state index in [1.807, 2.05) is 18.2 Å². The van der Waals surface area contributed by atoms with Gasteiger partial charge in [0.25, 0.3) is 5.91 Å². The van der Waals surface area contributed by atoms with E-state index in [0.717, 1.165) is 5.56 Å². The summed E-state index contributed by atoms with van der Waals surface area (Å²) in [5.41, 5.74) is 0.755. The number of thiazole rings is 1. The van der Waals surface area contributed by atoms with Crippen molar-refractivity contribution in [2.45, 2.75) is 11.7 Å². The van der Waals surface area contributed by atoms with E-state index < -0.39 is 25.1 Å². The number of sulfone groups is 1. The number of nitrogens with zero attached hydrogens (tertiary/aromatic N) is 3. The van der Waals surface area contributed by atoms with Crippen molar-refractivity contribution in [2.24, 2.45) is 0 Å². The average Bonchev–Trinajstić information content (AvgIpc) is 3.35. The van der Waals surface area contributed by atoms with Gasteiger partial charge >= 0.3 is 0 Å². The Hall–Kier alpha value is -1.53. The maximum atomic E-state index is 12.8. The lowest BCUT2D eigenvalue weighted by atomic mass is 10.2. The van der Waals surface area contributed by atoms with Gasteiger partial charge in [0.15, 0.2) is 9.84 Å². The normalized spacial score (nSPS) is 22.3. The highest BCUT2D eigenvalue weighted by Crippen LogP contribution is 2.31. The maximum Gasteiger partial charge on any atom is 0.265 e. The quantitative estimate of drug-likeness (QED) is 0.647. The Bertz CT molecular complexity index is 1170. The van der Waals surface area contributed by atoms with Crippen LogP contribution < -0.4 is 0 Å². The van der Waals surface area contributed by atoms with Crippen LogP contribution in [0.25, 0.3) is 10.6 Å². The smallest absolute Gasteiger partial charge is 0.265 e. The number of carbonyl (C=O) groups excluding carboxylic acids is 1. The molecule has 8 nitrogen and oxygen atoms in total. The number of rotatable bonds is 4. The summed E-state index contributed by atoms with van der Waals surface area (Å²) in [6.45, 7) is 0.801. The lowest BCUT2D eigenvalue weighted by molar-refractivity contribution is 0.0702. The number of carbonyl (C=O) groups is 1. The van der Waals surface area contributed by atoms with Gasteiger partial charge in [-0.15, -0.1) is 11.3 Å². The summed E-state index contributed by atoms with van der Waals surface area (Å²) in [5, 5.41) is 0.315. The van der Waals surface area contributed by atoms with Crippen molar-refractivity contribution in [3.05, 3.63) is 40.4 Å². The van der Waals surface area contributed by atoms with Crippen molar-refractivity contribution in [3.8, 4) is 10.6 Å².